The Morgan fingerprint density at radius 2 is 1.97 bits per heavy atom. The minimum atomic E-state index is -0.332. The summed E-state index contributed by atoms with van der Waals surface area (Å²) in [5.74, 6) is 0.820. The summed E-state index contributed by atoms with van der Waals surface area (Å²) in [4.78, 5) is 12.7. The third kappa shape index (κ3) is 4.06. The van der Waals surface area contributed by atoms with E-state index in [9.17, 15) is 4.79 Å². The zero-order chi connectivity index (χ0) is 20.4. The van der Waals surface area contributed by atoms with E-state index in [0.717, 1.165) is 11.3 Å². The number of benzene rings is 2. The molecule has 0 saturated carbocycles. The van der Waals surface area contributed by atoms with Gasteiger partial charge in [-0.05, 0) is 35.9 Å². The van der Waals surface area contributed by atoms with Crippen molar-refractivity contribution < 1.29 is 19.0 Å². The molecule has 0 spiro atoms. The van der Waals surface area contributed by atoms with Crippen LogP contribution in [0.3, 0.4) is 0 Å². The van der Waals surface area contributed by atoms with E-state index in [-0.39, 0.29) is 12.0 Å². The van der Waals surface area contributed by atoms with Gasteiger partial charge in [-0.2, -0.15) is 5.10 Å². The van der Waals surface area contributed by atoms with E-state index < -0.39 is 0 Å². The number of ether oxygens (including phenoxy) is 3. The number of halogens is 1. The first kappa shape index (κ1) is 19.3. The SMILES string of the molecule is COc1ccc(OC)c(NC(=O)c2cc3n(n2)C[C@H](c2ccc(Cl)cc2)OC3)c1. The molecule has 1 aromatic heterocycles. The Morgan fingerprint density at radius 1 is 1.17 bits per heavy atom. The largest absolute Gasteiger partial charge is 0.497 e. The summed E-state index contributed by atoms with van der Waals surface area (Å²) < 4.78 is 18.3. The number of rotatable bonds is 5. The molecule has 4 rings (SSSR count). The van der Waals surface area contributed by atoms with Crippen LogP contribution < -0.4 is 14.8 Å². The van der Waals surface area contributed by atoms with Gasteiger partial charge < -0.3 is 19.5 Å². The van der Waals surface area contributed by atoms with Crippen LogP contribution in [-0.2, 0) is 17.9 Å². The Labute approximate surface area is 173 Å². The van der Waals surface area contributed by atoms with E-state index in [4.69, 9.17) is 25.8 Å². The summed E-state index contributed by atoms with van der Waals surface area (Å²) in [5.41, 5.74) is 2.68. The van der Waals surface area contributed by atoms with Crippen molar-refractivity contribution in [2.45, 2.75) is 19.3 Å². The first-order valence-electron chi connectivity index (χ1n) is 9.04. The fourth-order valence-corrected chi connectivity index (χ4v) is 3.34. The number of nitrogens with zero attached hydrogens (tertiary/aromatic N) is 2. The molecule has 0 aliphatic carbocycles. The van der Waals surface area contributed by atoms with Crippen LogP contribution >= 0.6 is 11.6 Å². The lowest BCUT2D eigenvalue weighted by atomic mass is 10.1. The zero-order valence-electron chi connectivity index (χ0n) is 16.0. The average molecular weight is 414 g/mol. The van der Waals surface area contributed by atoms with Gasteiger partial charge in [-0.1, -0.05) is 23.7 Å². The predicted octanol–water partition coefficient (Wildman–Crippen LogP) is 4.08. The predicted molar refractivity (Wildman–Crippen MR) is 109 cm³/mol. The third-order valence-electron chi connectivity index (χ3n) is 4.76. The summed E-state index contributed by atoms with van der Waals surface area (Å²) in [6.07, 6.45) is -0.144. The standard InChI is InChI=1S/C21H20ClN3O4/c1-27-16-7-8-19(28-2)17(10-16)23-21(26)18-9-15-12-29-20(11-25(15)24-18)13-3-5-14(22)6-4-13/h3-10,20H,11-12H2,1-2H3,(H,23,26)/t20-/m1/s1. The van der Waals surface area contributed by atoms with Crippen LogP contribution in [0.1, 0.15) is 27.8 Å². The topological polar surface area (TPSA) is 74.6 Å². The first-order valence-corrected chi connectivity index (χ1v) is 9.42. The molecule has 1 amide bonds. The van der Waals surface area contributed by atoms with Gasteiger partial charge >= 0.3 is 0 Å². The second-order valence-electron chi connectivity index (χ2n) is 6.57. The second-order valence-corrected chi connectivity index (χ2v) is 7.01. The lowest BCUT2D eigenvalue weighted by Crippen LogP contribution is -2.22. The molecule has 1 aliphatic rings. The van der Waals surface area contributed by atoms with Gasteiger partial charge in [0.25, 0.3) is 5.91 Å². The maximum atomic E-state index is 12.7. The molecule has 0 bridgehead atoms. The highest BCUT2D eigenvalue weighted by atomic mass is 35.5. The van der Waals surface area contributed by atoms with Crippen molar-refractivity contribution in [3.05, 3.63) is 70.5 Å². The van der Waals surface area contributed by atoms with Crippen LogP contribution in [0.25, 0.3) is 0 Å². The van der Waals surface area contributed by atoms with Crippen LogP contribution in [0.4, 0.5) is 5.69 Å². The van der Waals surface area contributed by atoms with E-state index in [2.05, 4.69) is 10.4 Å². The molecule has 29 heavy (non-hydrogen) atoms. The maximum Gasteiger partial charge on any atom is 0.276 e. The summed E-state index contributed by atoms with van der Waals surface area (Å²) >= 11 is 5.96. The molecule has 8 heteroatoms. The smallest absolute Gasteiger partial charge is 0.276 e. The maximum absolute atomic E-state index is 12.7. The number of hydrogen-bond donors (Lipinski definition) is 1. The van der Waals surface area contributed by atoms with Gasteiger partial charge in [-0.3, -0.25) is 9.48 Å². The number of nitrogens with one attached hydrogen (secondary N) is 1. The number of anilines is 1. The van der Waals surface area contributed by atoms with Gasteiger partial charge in [0.1, 0.15) is 17.6 Å². The van der Waals surface area contributed by atoms with Gasteiger partial charge in [0, 0.05) is 11.1 Å². The van der Waals surface area contributed by atoms with E-state index in [1.165, 1.54) is 0 Å². The summed E-state index contributed by atoms with van der Waals surface area (Å²) in [7, 11) is 3.11. The highest BCUT2D eigenvalue weighted by molar-refractivity contribution is 6.30. The quantitative estimate of drug-likeness (QED) is 0.682. The number of methoxy groups -OCH3 is 2. The Bertz CT molecular complexity index is 1030. The molecule has 1 atom stereocenters. The molecule has 2 heterocycles. The Balaban J connectivity index is 1.52. The lowest BCUT2D eigenvalue weighted by Gasteiger charge is -2.24. The molecule has 0 radical (unpaired) electrons. The molecule has 2 aromatic carbocycles. The number of carbonyl (C=O) groups excluding carboxylic acids is 1. The Kier molecular flexibility index (Phi) is 5.42. The Morgan fingerprint density at radius 3 is 2.69 bits per heavy atom. The normalized spacial score (nSPS) is 15.5. The molecule has 3 aromatic rings. The lowest BCUT2D eigenvalue weighted by molar-refractivity contribution is -0.00118. The number of amides is 1. The van der Waals surface area contributed by atoms with E-state index in [0.29, 0.717) is 41.1 Å². The molecule has 0 saturated heterocycles. The Hall–Kier alpha value is -3.03. The molecule has 150 valence electrons. The van der Waals surface area contributed by atoms with Gasteiger partial charge in [-0.15, -0.1) is 0 Å². The number of carbonyl (C=O) groups is 1. The van der Waals surface area contributed by atoms with E-state index >= 15 is 0 Å². The summed E-state index contributed by atoms with van der Waals surface area (Å²) in [5, 5.41) is 7.98. The third-order valence-corrected chi connectivity index (χ3v) is 5.02. The molecular formula is C21H20ClN3O4. The van der Waals surface area contributed by atoms with Crippen molar-refractivity contribution >= 4 is 23.2 Å². The molecule has 0 fully saturated rings. The van der Waals surface area contributed by atoms with Crippen molar-refractivity contribution in [1.82, 2.24) is 9.78 Å². The summed E-state index contributed by atoms with van der Waals surface area (Å²) in [6.45, 7) is 0.892. The van der Waals surface area contributed by atoms with Gasteiger partial charge in [0.2, 0.25) is 0 Å². The molecule has 0 unspecified atom stereocenters. The number of aromatic nitrogens is 2. The molecular weight excluding hydrogens is 394 g/mol. The second kappa shape index (κ2) is 8.14. The van der Waals surface area contributed by atoms with Crippen molar-refractivity contribution in [3.8, 4) is 11.5 Å². The van der Waals surface area contributed by atoms with Crippen molar-refractivity contribution in [2.75, 3.05) is 19.5 Å². The number of fused-ring (bicyclic) bond motifs is 1. The minimum absolute atomic E-state index is 0.144. The molecule has 1 N–H and O–H groups in total. The molecule has 1 aliphatic heterocycles. The van der Waals surface area contributed by atoms with Crippen LogP contribution in [0.5, 0.6) is 11.5 Å². The highest BCUT2D eigenvalue weighted by Crippen LogP contribution is 2.30. The van der Waals surface area contributed by atoms with Crippen LogP contribution in [-0.4, -0.2) is 29.9 Å². The van der Waals surface area contributed by atoms with Crippen LogP contribution in [0.2, 0.25) is 5.02 Å². The summed E-state index contributed by atoms with van der Waals surface area (Å²) in [6, 6.07) is 14.5. The fraction of sp³-hybridized carbons (Fsp3) is 0.238. The minimum Gasteiger partial charge on any atom is -0.497 e. The molecule has 7 nitrogen and oxygen atoms in total. The zero-order valence-corrected chi connectivity index (χ0v) is 16.8. The number of hydrogen-bond acceptors (Lipinski definition) is 5. The van der Waals surface area contributed by atoms with E-state index in [1.807, 2.05) is 24.3 Å². The van der Waals surface area contributed by atoms with Crippen molar-refractivity contribution in [1.29, 1.82) is 0 Å². The van der Waals surface area contributed by atoms with Crippen LogP contribution in [0.15, 0.2) is 48.5 Å². The average Bonchev–Trinajstić information content (AvgIpc) is 3.18. The fourth-order valence-electron chi connectivity index (χ4n) is 3.21. The van der Waals surface area contributed by atoms with Gasteiger partial charge in [-0.25, -0.2) is 0 Å². The van der Waals surface area contributed by atoms with Crippen molar-refractivity contribution in [2.24, 2.45) is 0 Å². The first-order chi connectivity index (χ1) is 14.1. The van der Waals surface area contributed by atoms with Crippen molar-refractivity contribution in [3.63, 3.8) is 0 Å². The van der Waals surface area contributed by atoms with Crippen LogP contribution in [0, 0.1) is 0 Å². The van der Waals surface area contributed by atoms with Gasteiger partial charge in [0.05, 0.1) is 38.8 Å². The monoisotopic (exact) mass is 413 g/mol. The van der Waals surface area contributed by atoms with Gasteiger partial charge in [0.15, 0.2) is 5.69 Å². The van der Waals surface area contributed by atoms with E-state index in [1.54, 1.807) is 43.2 Å². The highest BCUT2D eigenvalue weighted by Gasteiger charge is 2.24.